The molecule has 0 unspecified atom stereocenters. The number of piperidine rings is 1. The monoisotopic (exact) mass is 391 g/mol. The van der Waals surface area contributed by atoms with Gasteiger partial charge in [-0.2, -0.15) is 0 Å². The standard InChI is InChI=1S/C21H33N3O4/c1-16(23-19(25)28-21(2,3)4)13-22-18-11-8-12-24(14-18)20(26)27-15-17-9-6-5-7-10-17/h5-7,9-10,16,18,22H,8,11-15H2,1-4H3,(H,23,25)/t16-,18+/m1/s1. The van der Waals surface area contributed by atoms with Crippen molar-refractivity contribution in [2.45, 2.75) is 64.8 Å². The van der Waals surface area contributed by atoms with Crippen molar-refractivity contribution in [2.24, 2.45) is 0 Å². The number of amides is 2. The first-order chi connectivity index (χ1) is 13.2. The molecule has 0 aromatic heterocycles. The highest BCUT2D eigenvalue weighted by Gasteiger charge is 2.25. The van der Waals surface area contributed by atoms with E-state index in [4.69, 9.17) is 9.47 Å². The number of rotatable bonds is 6. The Morgan fingerprint density at radius 1 is 1.25 bits per heavy atom. The fourth-order valence-electron chi connectivity index (χ4n) is 3.02. The lowest BCUT2D eigenvalue weighted by Gasteiger charge is -2.33. The fourth-order valence-corrected chi connectivity index (χ4v) is 3.02. The van der Waals surface area contributed by atoms with E-state index in [9.17, 15) is 9.59 Å². The summed E-state index contributed by atoms with van der Waals surface area (Å²) < 4.78 is 10.7. The summed E-state index contributed by atoms with van der Waals surface area (Å²) >= 11 is 0. The second kappa shape index (κ2) is 10.3. The van der Waals surface area contributed by atoms with Gasteiger partial charge in [-0.1, -0.05) is 30.3 Å². The van der Waals surface area contributed by atoms with Crippen molar-refractivity contribution in [1.82, 2.24) is 15.5 Å². The Morgan fingerprint density at radius 2 is 1.96 bits per heavy atom. The summed E-state index contributed by atoms with van der Waals surface area (Å²) in [5, 5.41) is 6.25. The Bertz CT molecular complexity index is 630. The van der Waals surface area contributed by atoms with Gasteiger partial charge in [0, 0.05) is 31.7 Å². The number of nitrogens with one attached hydrogen (secondary N) is 2. The molecule has 0 radical (unpaired) electrons. The van der Waals surface area contributed by atoms with Gasteiger partial charge in [0.2, 0.25) is 0 Å². The van der Waals surface area contributed by atoms with Crippen LogP contribution in [0.5, 0.6) is 0 Å². The molecule has 0 aliphatic carbocycles. The maximum Gasteiger partial charge on any atom is 0.410 e. The summed E-state index contributed by atoms with van der Waals surface area (Å²) in [5.74, 6) is 0. The Morgan fingerprint density at radius 3 is 2.64 bits per heavy atom. The maximum atomic E-state index is 12.3. The molecule has 2 atom stereocenters. The molecule has 2 N–H and O–H groups in total. The van der Waals surface area contributed by atoms with Crippen molar-refractivity contribution in [1.29, 1.82) is 0 Å². The molecule has 1 aromatic rings. The predicted octanol–water partition coefficient (Wildman–Crippen LogP) is 3.29. The SMILES string of the molecule is C[C@H](CN[C@H]1CCCN(C(=O)OCc2ccccc2)C1)NC(=O)OC(C)(C)C. The highest BCUT2D eigenvalue weighted by atomic mass is 16.6. The Balaban J connectivity index is 1.70. The Hall–Kier alpha value is -2.28. The number of carbonyl (C=O) groups is 2. The molecular formula is C21H33N3O4. The molecule has 28 heavy (non-hydrogen) atoms. The summed E-state index contributed by atoms with van der Waals surface area (Å²) in [6.45, 7) is 9.63. The van der Waals surface area contributed by atoms with Crippen molar-refractivity contribution >= 4 is 12.2 Å². The molecule has 2 rings (SSSR count). The lowest BCUT2D eigenvalue weighted by Crippen LogP contribution is -2.51. The van der Waals surface area contributed by atoms with E-state index in [2.05, 4.69) is 10.6 Å². The van der Waals surface area contributed by atoms with Gasteiger partial charge in [-0.3, -0.25) is 0 Å². The van der Waals surface area contributed by atoms with Crippen LogP contribution in [-0.4, -0.2) is 54.4 Å². The highest BCUT2D eigenvalue weighted by Crippen LogP contribution is 2.13. The molecule has 1 aromatic carbocycles. The molecule has 156 valence electrons. The number of benzene rings is 1. The first-order valence-electron chi connectivity index (χ1n) is 9.91. The minimum Gasteiger partial charge on any atom is -0.445 e. The highest BCUT2D eigenvalue weighted by molar-refractivity contribution is 5.68. The Kier molecular flexibility index (Phi) is 8.11. The van der Waals surface area contributed by atoms with Gasteiger partial charge < -0.3 is 25.0 Å². The third-order valence-corrected chi connectivity index (χ3v) is 4.36. The summed E-state index contributed by atoms with van der Waals surface area (Å²) in [4.78, 5) is 25.9. The molecule has 2 amide bonds. The number of ether oxygens (including phenoxy) is 2. The van der Waals surface area contributed by atoms with Crippen LogP contribution in [0.4, 0.5) is 9.59 Å². The van der Waals surface area contributed by atoms with Gasteiger partial charge in [0.25, 0.3) is 0 Å². The van der Waals surface area contributed by atoms with Crippen LogP contribution in [0.3, 0.4) is 0 Å². The molecule has 0 saturated carbocycles. The second-order valence-electron chi connectivity index (χ2n) is 8.28. The van der Waals surface area contributed by atoms with Crippen LogP contribution >= 0.6 is 0 Å². The maximum absolute atomic E-state index is 12.3. The smallest absolute Gasteiger partial charge is 0.410 e. The van der Waals surface area contributed by atoms with Crippen molar-refractivity contribution in [3.8, 4) is 0 Å². The van der Waals surface area contributed by atoms with Gasteiger partial charge in [0.15, 0.2) is 0 Å². The first kappa shape index (κ1) is 22.0. The van der Waals surface area contributed by atoms with Crippen molar-refractivity contribution in [3.05, 3.63) is 35.9 Å². The van der Waals surface area contributed by atoms with Gasteiger partial charge in [0.1, 0.15) is 12.2 Å². The zero-order valence-corrected chi connectivity index (χ0v) is 17.4. The van der Waals surface area contributed by atoms with E-state index in [0.29, 0.717) is 19.6 Å². The van der Waals surface area contributed by atoms with Gasteiger partial charge in [-0.25, -0.2) is 9.59 Å². The van der Waals surface area contributed by atoms with Crippen LogP contribution in [0.25, 0.3) is 0 Å². The van der Waals surface area contributed by atoms with Crippen molar-refractivity contribution in [2.75, 3.05) is 19.6 Å². The number of carbonyl (C=O) groups excluding carboxylic acids is 2. The zero-order chi connectivity index (χ0) is 20.6. The first-order valence-corrected chi connectivity index (χ1v) is 9.91. The number of hydrogen-bond acceptors (Lipinski definition) is 5. The number of nitrogens with zero attached hydrogens (tertiary/aromatic N) is 1. The summed E-state index contributed by atoms with van der Waals surface area (Å²) in [5.41, 5.74) is 0.464. The topological polar surface area (TPSA) is 79.9 Å². The average molecular weight is 392 g/mol. The molecule has 0 spiro atoms. The summed E-state index contributed by atoms with van der Waals surface area (Å²) in [7, 11) is 0. The van der Waals surface area contributed by atoms with E-state index >= 15 is 0 Å². The van der Waals surface area contributed by atoms with E-state index in [-0.39, 0.29) is 24.8 Å². The Labute approximate surface area is 167 Å². The van der Waals surface area contributed by atoms with Crippen molar-refractivity contribution < 1.29 is 19.1 Å². The van der Waals surface area contributed by atoms with Crippen LogP contribution in [0.15, 0.2) is 30.3 Å². The molecular weight excluding hydrogens is 358 g/mol. The van der Waals surface area contributed by atoms with Crippen molar-refractivity contribution in [3.63, 3.8) is 0 Å². The minimum atomic E-state index is -0.513. The summed E-state index contributed by atoms with van der Waals surface area (Å²) in [6, 6.07) is 9.77. The number of alkyl carbamates (subject to hydrolysis) is 1. The predicted molar refractivity (Wildman–Crippen MR) is 108 cm³/mol. The minimum absolute atomic E-state index is 0.0738. The number of hydrogen-bond donors (Lipinski definition) is 2. The van der Waals surface area contributed by atoms with Crippen LogP contribution in [0.2, 0.25) is 0 Å². The van der Waals surface area contributed by atoms with Crippen LogP contribution in [0, 0.1) is 0 Å². The molecule has 1 aliphatic heterocycles. The van der Waals surface area contributed by atoms with Crippen LogP contribution < -0.4 is 10.6 Å². The lowest BCUT2D eigenvalue weighted by atomic mass is 10.1. The van der Waals surface area contributed by atoms with E-state index in [1.165, 1.54) is 0 Å². The van der Waals surface area contributed by atoms with E-state index in [1.807, 2.05) is 58.0 Å². The average Bonchev–Trinajstić information content (AvgIpc) is 2.64. The van der Waals surface area contributed by atoms with Gasteiger partial charge in [0.05, 0.1) is 0 Å². The molecule has 7 nitrogen and oxygen atoms in total. The fraction of sp³-hybridized carbons (Fsp3) is 0.619. The van der Waals surface area contributed by atoms with E-state index in [0.717, 1.165) is 18.4 Å². The second-order valence-corrected chi connectivity index (χ2v) is 8.28. The molecule has 0 bridgehead atoms. The molecule has 1 aliphatic rings. The molecule has 1 fully saturated rings. The van der Waals surface area contributed by atoms with Crippen LogP contribution in [0.1, 0.15) is 46.1 Å². The lowest BCUT2D eigenvalue weighted by molar-refractivity contribution is 0.0506. The van der Waals surface area contributed by atoms with Crippen LogP contribution in [-0.2, 0) is 16.1 Å². The molecule has 1 saturated heterocycles. The third-order valence-electron chi connectivity index (χ3n) is 4.36. The van der Waals surface area contributed by atoms with E-state index in [1.54, 1.807) is 4.90 Å². The van der Waals surface area contributed by atoms with E-state index < -0.39 is 11.7 Å². The molecule has 1 heterocycles. The van der Waals surface area contributed by atoms with Gasteiger partial charge in [-0.05, 0) is 46.1 Å². The summed E-state index contributed by atoms with van der Waals surface area (Å²) in [6.07, 6.45) is 1.21. The van der Waals surface area contributed by atoms with Gasteiger partial charge >= 0.3 is 12.2 Å². The number of likely N-dealkylation sites (tertiary alicyclic amines) is 1. The van der Waals surface area contributed by atoms with Gasteiger partial charge in [-0.15, -0.1) is 0 Å². The quantitative estimate of drug-likeness (QED) is 0.778. The normalized spacial score (nSPS) is 18.3. The third kappa shape index (κ3) is 8.17. The molecule has 7 heteroatoms. The largest absolute Gasteiger partial charge is 0.445 e. The zero-order valence-electron chi connectivity index (χ0n) is 17.4.